The number of nitrogens with two attached hydrogens (primary N) is 1. The summed E-state index contributed by atoms with van der Waals surface area (Å²) in [4.78, 5) is 11.7. The van der Waals surface area contributed by atoms with Crippen molar-refractivity contribution in [1.82, 2.24) is 5.32 Å². The Balaban J connectivity index is 2.23. The second kappa shape index (κ2) is 5.50. The van der Waals surface area contributed by atoms with E-state index in [1.165, 1.54) is 12.8 Å². The van der Waals surface area contributed by atoms with E-state index in [4.69, 9.17) is 5.73 Å². The molecule has 1 amide bonds. The average Bonchev–Trinajstić information content (AvgIpc) is 2.61. The Labute approximate surface area is 92.8 Å². The zero-order valence-corrected chi connectivity index (χ0v) is 10.0. The van der Waals surface area contributed by atoms with E-state index in [0.717, 1.165) is 19.3 Å². The van der Waals surface area contributed by atoms with Crippen molar-refractivity contribution in [3.63, 3.8) is 0 Å². The van der Waals surface area contributed by atoms with Gasteiger partial charge in [0.2, 0.25) is 5.91 Å². The first-order valence-electron chi connectivity index (χ1n) is 6.07. The van der Waals surface area contributed by atoms with Crippen molar-refractivity contribution in [1.29, 1.82) is 0 Å². The third-order valence-electron chi connectivity index (χ3n) is 3.41. The van der Waals surface area contributed by atoms with E-state index in [1.807, 2.05) is 0 Å². The molecule has 0 aromatic rings. The summed E-state index contributed by atoms with van der Waals surface area (Å²) < 4.78 is 0. The van der Waals surface area contributed by atoms with Gasteiger partial charge in [0.1, 0.15) is 0 Å². The van der Waals surface area contributed by atoms with Gasteiger partial charge in [-0.2, -0.15) is 0 Å². The van der Waals surface area contributed by atoms with Crippen molar-refractivity contribution < 1.29 is 4.79 Å². The number of rotatable bonds is 5. The van der Waals surface area contributed by atoms with Crippen molar-refractivity contribution in [2.75, 3.05) is 6.54 Å². The average molecular weight is 212 g/mol. The van der Waals surface area contributed by atoms with Crippen molar-refractivity contribution in [2.45, 2.75) is 57.9 Å². The third-order valence-corrected chi connectivity index (χ3v) is 3.41. The van der Waals surface area contributed by atoms with Gasteiger partial charge in [0, 0.05) is 12.0 Å². The summed E-state index contributed by atoms with van der Waals surface area (Å²) in [6.07, 6.45) is 6.27. The highest BCUT2D eigenvalue weighted by molar-refractivity contribution is 5.76. The minimum Gasteiger partial charge on any atom is -0.351 e. The van der Waals surface area contributed by atoms with Crippen molar-refractivity contribution in [2.24, 2.45) is 11.7 Å². The molecule has 1 atom stereocenters. The second-order valence-electron chi connectivity index (χ2n) is 5.20. The smallest absolute Gasteiger partial charge is 0.220 e. The fourth-order valence-corrected chi connectivity index (χ4v) is 2.17. The molecule has 1 aliphatic rings. The van der Waals surface area contributed by atoms with E-state index in [2.05, 4.69) is 19.2 Å². The molecule has 1 fully saturated rings. The first kappa shape index (κ1) is 12.5. The predicted octanol–water partition coefficient (Wildman–Crippen LogP) is 1.81. The number of carbonyl (C=O) groups is 1. The Bertz CT molecular complexity index is 210. The van der Waals surface area contributed by atoms with Gasteiger partial charge in [0.05, 0.1) is 0 Å². The van der Waals surface area contributed by atoms with Crippen LogP contribution in [0.3, 0.4) is 0 Å². The molecule has 3 heteroatoms. The Morgan fingerprint density at radius 1 is 1.47 bits per heavy atom. The highest BCUT2D eigenvalue weighted by atomic mass is 16.1. The van der Waals surface area contributed by atoms with Crippen LogP contribution in [0.1, 0.15) is 52.4 Å². The maximum Gasteiger partial charge on any atom is 0.220 e. The largest absolute Gasteiger partial charge is 0.351 e. The summed E-state index contributed by atoms with van der Waals surface area (Å²) in [5, 5.41) is 3.15. The summed E-state index contributed by atoms with van der Waals surface area (Å²) in [6.45, 7) is 4.92. The fourth-order valence-electron chi connectivity index (χ4n) is 2.17. The number of amides is 1. The summed E-state index contributed by atoms with van der Waals surface area (Å²) in [5.41, 5.74) is 5.59. The normalized spacial score (nSPS) is 21.3. The first-order chi connectivity index (χ1) is 7.06. The number of nitrogens with one attached hydrogen (secondary N) is 1. The molecule has 0 spiro atoms. The Morgan fingerprint density at radius 3 is 2.60 bits per heavy atom. The molecule has 1 saturated carbocycles. The van der Waals surface area contributed by atoms with E-state index in [0.29, 0.717) is 18.9 Å². The Hall–Kier alpha value is -0.570. The zero-order valence-electron chi connectivity index (χ0n) is 10.0. The molecule has 88 valence electrons. The van der Waals surface area contributed by atoms with Gasteiger partial charge >= 0.3 is 0 Å². The predicted molar refractivity (Wildman–Crippen MR) is 62.5 cm³/mol. The Morgan fingerprint density at radius 2 is 2.07 bits per heavy atom. The van der Waals surface area contributed by atoms with Crippen LogP contribution in [0.2, 0.25) is 0 Å². The lowest BCUT2D eigenvalue weighted by atomic mass is 9.99. The molecule has 1 rings (SSSR count). The SMILES string of the molecule is CC(CN)CCC(=O)NC1(C)CCCC1. The van der Waals surface area contributed by atoms with Crippen LogP contribution in [-0.4, -0.2) is 18.0 Å². The van der Waals surface area contributed by atoms with Crippen LogP contribution in [0.5, 0.6) is 0 Å². The number of hydrogen-bond donors (Lipinski definition) is 2. The topological polar surface area (TPSA) is 55.1 Å². The monoisotopic (exact) mass is 212 g/mol. The van der Waals surface area contributed by atoms with Crippen molar-refractivity contribution in [3.8, 4) is 0 Å². The van der Waals surface area contributed by atoms with Crippen LogP contribution in [0.15, 0.2) is 0 Å². The molecule has 0 aromatic carbocycles. The standard InChI is InChI=1S/C12H24N2O/c1-10(9-13)5-6-11(15)14-12(2)7-3-4-8-12/h10H,3-9,13H2,1-2H3,(H,14,15). The van der Waals surface area contributed by atoms with E-state index < -0.39 is 0 Å². The van der Waals surface area contributed by atoms with E-state index >= 15 is 0 Å². The van der Waals surface area contributed by atoms with E-state index in [9.17, 15) is 4.79 Å². The molecule has 0 radical (unpaired) electrons. The lowest BCUT2D eigenvalue weighted by Gasteiger charge is -2.25. The molecule has 0 aromatic heterocycles. The van der Waals surface area contributed by atoms with Gasteiger partial charge in [-0.25, -0.2) is 0 Å². The van der Waals surface area contributed by atoms with Crippen molar-refractivity contribution >= 4 is 5.91 Å². The molecule has 1 unspecified atom stereocenters. The van der Waals surface area contributed by atoms with Gasteiger partial charge in [-0.3, -0.25) is 4.79 Å². The first-order valence-corrected chi connectivity index (χ1v) is 6.07. The molecule has 0 bridgehead atoms. The molecule has 3 nitrogen and oxygen atoms in total. The third kappa shape index (κ3) is 4.20. The Kier molecular flexibility index (Phi) is 4.58. The van der Waals surface area contributed by atoms with Crippen LogP contribution >= 0.6 is 0 Å². The van der Waals surface area contributed by atoms with Gasteiger partial charge in [-0.05, 0) is 38.6 Å². The quantitative estimate of drug-likeness (QED) is 0.730. The van der Waals surface area contributed by atoms with Crippen LogP contribution in [-0.2, 0) is 4.79 Å². The molecule has 0 aliphatic heterocycles. The summed E-state index contributed by atoms with van der Waals surface area (Å²) in [5.74, 6) is 0.645. The molecule has 0 saturated heterocycles. The zero-order chi connectivity index (χ0) is 11.3. The summed E-state index contributed by atoms with van der Waals surface area (Å²) in [6, 6.07) is 0. The summed E-state index contributed by atoms with van der Waals surface area (Å²) >= 11 is 0. The molecule has 15 heavy (non-hydrogen) atoms. The molecular formula is C12H24N2O. The number of carbonyl (C=O) groups excluding carboxylic acids is 1. The highest BCUT2D eigenvalue weighted by Crippen LogP contribution is 2.28. The fraction of sp³-hybridized carbons (Fsp3) is 0.917. The number of hydrogen-bond acceptors (Lipinski definition) is 2. The molecular weight excluding hydrogens is 188 g/mol. The molecule has 3 N–H and O–H groups in total. The minimum atomic E-state index is 0.0725. The lowest BCUT2D eigenvalue weighted by Crippen LogP contribution is -2.43. The van der Waals surface area contributed by atoms with Gasteiger partial charge in [0.25, 0.3) is 0 Å². The lowest BCUT2D eigenvalue weighted by molar-refractivity contribution is -0.123. The van der Waals surface area contributed by atoms with Gasteiger partial charge in [-0.1, -0.05) is 19.8 Å². The molecule has 1 aliphatic carbocycles. The van der Waals surface area contributed by atoms with Gasteiger partial charge in [-0.15, -0.1) is 0 Å². The van der Waals surface area contributed by atoms with E-state index in [1.54, 1.807) is 0 Å². The van der Waals surface area contributed by atoms with Gasteiger partial charge in [0.15, 0.2) is 0 Å². The van der Waals surface area contributed by atoms with Crippen LogP contribution in [0.4, 0.5) is 0 Å². The minimum absolute atomic E-state index is 0.0725. The molecule has 0 heterocycles. The maximum atomic E-state index is 11.7. The summed E-state index contributed by atoms with van der Waals surface area (Å²) in [7, 11) is 0. The highest BCUT2D eigenvalue weighted by Gasteiger charge is 2.29. The van der Waals surface area contributed by atoms with Crippen LogP contribution < -0.4 is 11.1 Å². The van der Waals surface area contributed by atoms with Crippen LogP contribution in [0.25, 0.3) is 0 Å². The maximum absolute atomic E-state index is 11.7. The van der Waals surface area contributed by atoms with Gasteiger partial charge < -0.3 is 11.1 Å². The van der Waals surface area contributed by atoms with E-state index in [-0.39, 0.29) is 11.4 Å². The van der Waals surface area contributed by atoms with Crippen LogP contribution in [0, 0.1) is 5.92 Å². The second-order valence-corrected chi connectivity index (χ2v) is 5.20. The van der Waals surface area contributed by atoms with Crippen molar-refractivity contribution in [3.05, 3.63) is 0 Å².